The van der Waals surface area contributed by atoms with Crippen LogP contribution >= 0.6 is 8.46 Å². The topological polar surface area (TPSA) is 43.8 Å². The van der Waals surface area contributed by atoms with E-state index in [-0.39, 0.29) is 85.0 Å². The molecule has 0 amide bonds. The Labute approximate surface area is 221 Å². The van der Waals surface area contributed by atoms with Crippen molar-refractivity contribution in [1.29, 1.82) is 0 Å². The fourth-order valence-electron chi connectivity index (χ4n) is 3.64. The largest absolute Gasteiger partial charge is 0.325 e. The third-order valence-corrected chi connectivity index (χ3v) is 5.54. The summed E-state index contributed by atoms with van der Waals surface area (Å²) >= 11 is 0. The minimum atomic E-state index is -0.0955. The van der Waals surface area contributed by atoms with Gasteiger partial charge in [-0.15, -0.1) is 0 Å². The first-order chi connectivity index (χ1) is 11.1. The van der Waals surface area contributed by atoms with E-state index in [1.165, 1.54) is 17.9 Å². The molecule has 2 rings (SSSR count). The van der Waals surface area contributed by atoms with Gasteiger partial charge in [-0.05, 0) is 73.5 Å². The summed E-state index contributed by atoms with van der Waals surface area (Å²) in [6.07, 6.45) is 9.03. The Kier molecular flexibility index (Phi) is 17.0. The molecule has 2 heterocycles. The van der Waals surface area contributed by atoms with Gasteiger partial charge in [-0.1, -0.05) is 0 Å². The monoisotopic (exact) mass is 550 g/mol. The van der Waals surface area contributed by atoms with Crippen LogP contribution in [0.25, 0.3) is 0 Å². The van der Waals surface area contributed by atoms with E-state index in [1.54, 1.807) is 6.66 Å². The van der Waals surface area contributed by atoms with Gasteiger partial charge in [0.1, 0.15) is 0 Å². The molecule has 4 nitrogen and oxygen atoms in total. The van der Waals surface area contributed by atoms with Gasteiger partial charge in [-0.25, -0.2) is 0 Å². The van der Waals surface area contributed by atoms with E-state index in [1.807, 2.05) is 0 Å². The number of piperidine rings is 2. The molecule has 27 heavy (non-hydrogen) atoms. The predicted molar refractivity (Wildman–Crippen MR) is 108 cm³/mol. The molecule has 0 aromatic heterocycles. The van der Waals surface area contributed by atoms with Crippen LogP contribution in [-0.4, -0.2) is 51.0 Å². The van der Waals surface area contributed by atoms with Crippen LogP contribution in [0.15, 0.2) is 0 Å². The molecule has 0 unspecified atom stereocenters. The van der Waals surface area contributed by atoms with Crippen molar-refractivity contribution in [2.75, 3.05) is 13.7 Å². The van der Waals surface area contributed by atoms with Crippen LogP contribution in [0.2, 0.25) is 0 Å². The maximum absolute atomic E-state index is 9.78. The Morgan fingerprint density at radius 1 is 0.741 bits per heavy atom. The maximum Gasteiger partial charge on any atom is 0.151 e. The van der Waals surface area contributed by atoms with E-state index in [0.717, 1.165) is 12.8 Å². The van der Waals surface area contributed by atoms with E-state index in [0.29, 0.717) is 11.1 Å². The van der Waals surface area contributed by atoms with Gasteiger partial charge < -0.3 is 22.9 Å². The first-order valence-corrected chi connectivity index (χ1v) is 10.5. The summed E-state index contributed by atoms with van der Waals surface area (Å²) in [4.78, 5) is 2.49. The summed E-state index contributed by atoms with van der Waals surface area (Å²) < 4.78 is 8.90. The molecule has 2 aliphatic heterocycles. The molecule has 0 aliphatic carbocycles. The van der Waals surface area contributed by atoms with Gasteiger partial charge in [0, 0.05) is 83.2 Å². The van der Waals surface area contributed by atoms with Crippen molar-refractivity contribution in [1.82, 2.24) is 9.96 Å². The summed E-state index contributed by atoms with van der Waals surface area (Å²) in [6.45, 7) is 19.0. The number of hydrogen-bond donors (Lipinski definition) is 1. The average Bonchev–Trinajstić information content (AvgIpc) is 2.43. The minimum Gasteiger partial charge on any atom is -0.325 e. The molecule has 0 saturated carbocycles. The van der Waals surface area contributed by atoms with Gasteiger partial charge in [0.15, 0.2) is 8.46 Å². The van der Waals surface area contributed by atoms with Gasteiger partial charge in [-0.3, -0.25) is 4.57 Å². The van der Waals surface area contributed by atoms with Gasteiger partial charge in [0.05, 0.1) is 0 Å². The second-order valence-electron chi connectivity index (χ2n) is 9.70. The maximum atomic E-state index is 9.78. The van der Waals surface area contributed by atoms with E-state index in [4.69, 9.17) is 4.57 Å². The number of hydrogen-bond acceptors (Lipinski definition) is 4. The summed E-state index contributed by atoms with van der Waals surface area (Å²) in [5.41, 5.74) is 0.507. The zero-order chi connectivity index (χ0) is 20.1. The van der Waals surface area contributed by atoms with Crippen molar-refractivity contribution in [3.63, 3.8) is 0 Å². The Morgan fingerprint density at radius 2 is 0.963 bits per heavy atom. The average molecular weight is 550 g/mol. The molecule has 1 N–H and O–H groups in total. The van der Waals surface area contributed by atoms with E-state index < -0.39 is 0 Å². The Morgan fingerprint density at radius 3 is 1.15 bits per heavy atom. The predicted octanol–water partition coefficient (Wildman–Crippen LogP) is 5.61. The number of rotatable bonds is 0. The molecular formula is C20H41N2O2PY2-2. The molecule has 2 radical (unpaired) electrons. The second-order valence-corrected chi connectivity index (χ2v) is 10.1. The molecule has 0 bridgehead atoms. The normalized spacial score (nSPS) is 25.4. The quantitative estimate of drug-likeness (QED) is 0.315. The van der Waals surface area contributed by atoms with Gasteiger partial charge in [0.2, 0.25) is 0 Å². The second kappa shape index (κ2) is 13.6. The fourth-order valence-corrected chi connectivity index (χ4v) is 3.64. The van der Waals surface area contributed by atoms with Gasteiger partial charge in [-0.2, -0.15) is 30.7 Å². The van der Waals surface area contributed by atoms with Crippen LogP contribution in [-0.2, 0) is 70.0 Å². The zero-order valence-corrected chi connectivity index (χ0v) is 25.9. The smallest absolute Gasteiger partial charge is 0.151 e. The van der Waals surface area contributed by atoms with Crippen LogP contribution < -0.4 is 0 Å². The zero-order valence-electron chi connectivity index (χ0n) is 19.3. The van der Waals surface area contributed by atoms with Crippen molar-refractivity contribution in [3.8, 4) is 0 Å². The molecule has 0 atom stereocenters. The Bertz CT molecular complexity index is 362. The third-order valence-electron chi connectivity index (χ3n) is 5.54. The number of likely N-dealkylation sites (tertiary alicyclic amines) is 1. The molecule has 0 aromatic rings. The van der Waals surface area contributed by atoms with Gasteiger partial charge >= 0.3 is 0 Å². The van der Waals surface area contributed by atoms with E-state index in [9.17, 15) is 5.21 Å². The number of hydroxylamine groups is 2. The molecule has 0 aromatic carbocycles. The molecule has 0 spiro atoms. The standard InChI is InChI=1S/C10H20N.C9H18NO.CH3OP.2Y/c1-9(2)7-6-8-10(3,4)11(9)5;1-8(2)6-5-7-9(3,4)10(8)11;1-3-2;;/h6H,7-8H2,1-5H3;5,11H,6-7H2,1-4H3;1H3;;/q2*-1;;;. The number of nitrogens with zero attached hydrogens (tertiary/aromatic N) is 2. The summed E-state index contributed by atoms with van der Waals surface area (Å²) in [5.74, 6) is 0. The van der Waals surface area contributed by atoms with Crippen molar-refractivity contribution in [3.05, 3.63) is 12.8 Å². The summed E-state index contributed by atoms with van der Waals surface area (Å²) in [5, 5.41) is 11.3. The van der Waals surface area contributed by atoms with Crippen molar-refractivity contribution in [2.45, 2.75) is 103 Å². The van der Waals surface area contributed by atoms with Gasteiger partial charge in [0.25, 0.3) is 0 Å². The Hall–Kier alpha value is 2.19. The fraction of sp³-hybridized carbons (Fsp3) is 0.900. The Balaban J connectivity index is -0.000000350. The molecule has 2 saturated heterocycles. The first-order valence-electron chi connectivity index (χ1n) is 9.22. The summed E-state index contributed by atoms with van der Waals surface area (Å²) in [7, 11) is 2.40. The SMILES string of the molecule is CC1(C)C[CH-]CC(C)(C)N1O.CN1C(C)(C)C[CH-]CC1(C)C.CP=O.[Y].[Y]. The van der Waals surface area contributed by atoms with Crippen molar-refractivity contribution in [2.24, 2.45) is 0 Å². The molecular weight excluding hydrogens is 509 g/mol. The van der Waals surface area contributed by atoms with E-state index in [2.05, 4.69) is 80.2 Å². The van der Waals surface area contributed by atoms with Crippen LogP contribution in [0.4, 0.5) is 0 Å². The van der Waals surface area contributed by atoms with Crippen molar-refractivity contribution >= 4 is 8.46 Å². The first kappa shape index (κ1) is 33.8. The van der Waals surface area contributed by atoms with Crippen LogP contribution in [0.3, 0.4) is 0 Å². The van der Waals surface area contributed by atoms with Crippen LogP contribution in [0.1, 0.15) is 81.1 Å². The molecule has 7 heteroatoms. The van der Waals surface area contributed by atoms with Crippen LogP contribution in [0, 0.1) is 12.8 Å². The van der Waals surface area contributed by atoms with Crippen LogP contribution in [0.5, 0.6) is 0 Å². The molecule has 2 aliphatic rings. The minimum absolute atomic E-state index is 0. The van der Waals surface area contributed by atoms with Crippen molar-refractivity contribution < 1.29 is 75.2 Å². The van der Waals surface area contributed by atoms with E-state index >= 15 is 0 Å². The molecule has 156 valence electrons. The molecule has 2 fully saturated rings. The summed E-state index contributed by atoms with van der Waals surface area (Å²) in [6, 6.07) is 0. The third kappa shape index (κ3) is 10.9.